The Morgan fingerprint density at radius 1 is 1.08 bits per heavy atom. The molecule has 186 valence electrons. The van der Waals surface area contributed by atoms with Crippen LogP contribution in [-0.4, -0.2) is 26.3 Å². The van der Waals surface area contributed by atoms with Gasteiger partial charge in [0.2, 0.25) is 5.91 Å². The first-order valence-electron chi connectivity index (χ1n) is 12.1. The number of halogens is 1. The summed E-state index contributed by atoms with van der Waals surface area (Å²) in [7, 11) is 0. The zero-order valence-electron chi connectivity index (χ0n) is 20.6. The summed E-state index contributed by atoms with van der Waals surface area (Å²) in [4.78, 5) is 31.0. The van der Waals surface area contributed by atoms with E-state index >= 15 is 0 Å². The standard InChI is InChI=1S/C29H26BrN5O2/c1-3-19(2)28-33-25-14-13-21(30)15-24(25)29(37)35(28)31-16-20-17-34(26-12-8-7-11-23(20)26)18-27(36)32-22-9-5-4-6-10-22/h4-17,19H,3,18H2,1-2H3,(H,32,36)/t19-/m1/s1. The Balaban J connectivity index is 1.54. The lowest BCUT2D eigenvalue weighted by atomic mass is 10.1. The molecule has 5 aromatic rings. The molecule has 0 fully saturated rings. The molecule has 0 aliphatic carbocycles. The van der Waals surface area contributed by atoms with Crippen molar-refractivity contribution in [3.63, 3.8) is 0 Å². The monoisotopic (exact) mass is 555 g/mol. The summed E-state index contributed by atoms with van der Waals surface area (Å²) in [6.45, 7) is 4.24. The molecule has 2 aromatic heterocycles. The Labute approximate surface area is 222 Å². The van der Waals surface area contributed by atoms with E-state index in [1.165, 1.54) is 4.68 Å². The number of aromatic nitrogens is 3. The predicted octanol–water partition coefficient (Wildman–Crippen LogP) is 6.15. The highest BCUT2D eigenvalue weighted by atomic mass is 79.9. The maximum absolute atomic E-state index is 13.5. The van der Waals surface area contributed by atoms with Gasteiger partial charge in [-0.2, -0.15) is 9.78 Å². The van der Waals surface area contributed by atoms with Crippen molar-refractivity contribution in [1.82, 2.24) is 14.2 Å². The highest BCUT2D eigenvalue weighted by Crippen LogP contribution is 2.23. The van der Waals surface area contributed by atoms with Crippen LogP contribution in [0.2, 0.25) is 0 Å². The summed E-state index contributed by atoms with van der Waals surface area (Å²) < 4.78 is 4.10. The molecule has 3 aromatic carbocycles. The molecular weight excluding hydrogens is 530 g/mol. The van der Waals surface area contributed by atoms with E-state index in [2.05, 4.69) is 33.3 Å². The fourth-order valence-corrected chi connectivity index (χ4v) is 4.65. The molecule has 2 heterocycles. The maximum atomic E-state index is 13.5. The number of anilines is 1. The molecule has 0 bridgehead atoms. The van der Waals surface area contributed by atoms with Crippen LogP contribution < -0.4 is 10.9 Å². The fourth-order valence-electron chi connectivity index (χ4n) is 4.28. The Kier molecular flexibility index (Phi) is 7.01. The third-order valence-corrected chi connectivity index (χ3v) is 6.88. The molecule has 0 saturated heterocycles. The number of carbonyl (C=O) groups excluding carboxylic acids is 1. The lowest BCUT2D eigenvalue weighted by Gasteiger charge is -2.13. The molecular formula is C29H26BrN5O2. The van der Waals surface area contributed by atoms with Crippen molar-refractivity contribution < 1.29 is 4.79 Å². The predicted molar refractivity (Wildman–Crippen MR) is 152 cm³/mol. The molecule has 0 spiro atoms. The number of rotatable bonds is 7. The van der Waals surface area contributed by atoms with Crippen LogP contribution in [0.5, 0.6) is 0 Å². The van der Waals surface area contributed by atoms with Gasteiger partial charge in [0.05, 0.1) is 17.1 Å². The molecule has 8 heteroatoms. The van der Waals surface area contributed by atoms with Gasteiger partial charge >= 0.3 is 0 Å². The zero-order valence-corrected chi connectivity index (χ0v) is 22.1. The number of fused-ring (bicyclic) bond motifs is 2. The second kappa shape index (κ2) is 10.5. The van der Waals surface area contributed by atoms with Crippen molar-refractivity contribution in [1.29, 1.82) is 0 Å². The smallest absolute Gasteiger partial charge is 0.282 e. The summed E-state index contributed by atoms with van der Waals surface area (Å²) in [5, 5.41) is 8.99. The van der Waals surface area contributed by atoms with Crippen molar-refractivity contribution in [3.05, 3.63) is 105 Å². The van der Waals surface area contributed by atoms with Crippen LogP contribution in [0.4, 0.5) is 5.69 Å². The average Bonchev–Trinajstić information content (AvgIpc) is 3.25. The number of amides is 1. The summed E-state index contributed by atoms with van der Waals surface area (Å²) in [6.07, 6.45) is 4.38. The van der Waals surface area contributed by atoms with Gasteiger partial charge in [-0.3, -0.25) is 9.59 Å². The van der Waals surface area contributed by atoms with Gasteiger partial charge in [0.1, 0.15) is 12.4 Å². The minimum absolute atomic E-state index is 0.0425. The van der Waals surface area contributed by atoms with Gasteiger partial charge in [0, 0.05) is 38.7 Å². The number of nitrogens with one attached hydrogen (secondary N) is 1. The molecule has 0 aliphatic rings. The Bertz CT molecular complexity index is 1690. The van der Waals surface area contributed by atoms with Crippen LogP contribution in [0.15, 0.2) is 93.4 Å². The van der Waals surface area contributed by atoms with Gasteiger partial charge in [0.25, 0.3) is 5.56 Å². The minimum Gasteiger partial charge on any atom is -0.337 e. The molecule has 0 unspecified atom stereocenters. The van der Waals surface area contributed by atoms with Crippen LogP contribution in [0.3, 0.4) is 0 Å². The minimum atomic E-state index is -0.219. The van der Waals surface area contributed by atoms with Crippen molar-refractivity contribution in [3.8, 4) is 0 Å². The largest absolute Gasteiger partial charge is 0.337 e. The van der Waals surface area contributed by atoms with Gasteiger partial charge in [-0.25, -0.2) is 4.98 Å². The van der Waals surface area contributed by atoms with Crippen LogP contribution in [0.25, 0.3) is 21.8 Å². The van der Waals surface area contributed by atoms with Crippen molar-refractivity contribution >= 4 is 55.5 Å². The second-order valence-corrected chi connectivity index (χ2v) is 9.86. The van der Waals surface area contributed by atoms with Gasteiger partial charge in [-0.1, -0.05) is 66.2 Å². The van der Waals surface area contributed by atoms with E-state index in [4.69, 9.17) is 4.98 Å². The van der Waals surface area contributed by atoms with Gasteiger partial charge < -0.3 is 9.88 Å². The molecule has 5 rings (SSSR count). The number of benzene rings is 3. The van der Waals surface area contributed by atoms with Crippen LogP contribution >= 0.6 is 15.9 Å². The SMILES string of the molecule is CC[C@@H](C)c1nc2ccc(Br)cc2c(=O)n1N=Cc1cn(CC(=O)Nc2ccccc2)c2ccccc12. The molecule has 0 saturated carbocycles. The normalized spacial score (nSPS) is 12.4. The highest BCUT2D eigenvalue weighted by Gasteiger charge is 2.16. The molecule has 1 N–H and O–H groups in total. The average molecular weight is 556 g/mol. The first-order valence-corrected chi connectivity index (χ1v) is 12.9. The third kappa shape index (κ3) is 5.11. The number of hydrogen-bond donors (Lipinski definition) is 1. The Morgan fingerprint density at radius 2 is 1.84 bits per heavy atom. The van der Waals surface area contributed by atoms with Crippen molar-refractivity contribution in [2.75, 3.05) is 5.32 Å². The number of hydrogen-bond acceptors (Lipinski definition) is 4. The number of para-hydroxylation sites is 2. The first kappa shape index (κ1) is 24.6. The molecule has 0 radical (unpaired) electrons. The third-order valence-electron chi connectivity index (χ3n) is 6.39. The summed E-state index contributed by atoms with van der Waals surface area (Å²) in [5.41, 5.74) is 2.89. The zero-order chi connectivity index (χ0) is 25.9. The quantitative estimate of drug-likeness (QED) is 0.244. The number of carbonyl (C=O) groups is 1. The van der Waals surface area contributed by atoms with Crippen LogP contribution in [-0.2, 0) is 11.3 Å². The van der Waals surface area contributed by atoms with Crippen LogP contribution in [0.1, 0.15) is 37.6 Å². The maximum Gasteiger partial charge on any atom is 0.282 e. The highest BCUT2D eigenvalue weighted by molar-refractivity contribution is 9.10. The van der Waals surface area contributed by atoms with Gasteiger partial charge in [-0.15, -0.1) is 0 Å². The van der Waals surface area contributed by atoms with Gasteiger partial charge in [-0.05, 0) is 42.8 Å². The Morgan fingerprint density at radius 3 is 2.62 bits per heavy atom. The van der Waals surface area contributed by atoms with E-state index in [1.807, 2.05) is 84.4 Å². The number of nitrogens with zero attached hydrogens (tertiary/aromatic N) is 4. The molecule has 37 heavy (non-hydrogen) atoms. The van der Waals surface area contributed by atoms with E-state index in [1.54, 1.807) is 12.3 Å². The van der Waals surface area contributed by atoms with E-state index in [9.17, 15) is 9.59 Å². The summed E-state index contributed by atoms with van der Waals surface area (Å²) in [6, 6.07) is 22.7. The second-order valence-electron chi connectivity index (χ2n) is 8.95. The lowest BCUT2D eigenvalue weighted by molar-refractivity contribution is -0.116. The first-order chi connectivity index (χ1) is 17.9. The van der Waals surface area contributed by atoms with E-state index in [0.717, 1.165) is 33.0 Å². The lowest BCUT2D eigenvalue weighted by Crippen LogP contribution is -2.23. The molecule has 7 nitrogen and oxygen atoms in total. The Hall–Kier alpha value is -4.04. The molecule has 1 amide bonds. The van der Waals surface area contributed by atoms with Crippen LogP contribution in [0, 0.1) is 0 Å². The fraction of sp³-hybridized carbons (Fsp3) is 0.172. The van der Waals surface area contributed by atoms with Crippen molar-refractivity contribution in [2.45, 2.75) is 32.7 Å². The van der Waals surface area contributed by atoms with E-state index in [-0.39, 0.29) is 23.9 Å². The molecule has 1 atom stereocenters. The van der Waals surface area contributed by atoms with E-state index in [0.29, 0.717) is 16.7 Å². The molecule has 0 aliphatic heterocycles. The van der Waals surface area contributed by atoms with E-state index < -0.39 is 0 Å². The van der Waals surface area contributed by atoms with Gasteiger partial charge in [0.15, 0.2) is 0 Å². The summed E-state index contributed by atoms with van der Waals surface area (Å²) >= 11 is 3.45. The topological polar surface area (TPSA) is 81.3 Å². The summed E-state index contributed by atoms with van der Waals surface area (Å²) in [5.74, 6) is 0.528. The van der Waals surface area contributed by atoms with Crippen molar-refractivity contribution in [2.24, 2.45) is 5.10 Å².